The third-order valence-electron chi connectivity index (χ3n) is 3.47. The number of hydrogen-bond acceptors (Lipinski definition) is 1. The number of allylic oxidation sites excluding steroid dienone is 1. The van der Waals surface area contributed by atoms with E-state index in [1.807, 2.05) is 11.8 Å². The standard InChI is InChI=1S/C12H17F2NO/c1-9-4-3-7-15(9)11(16)6-2-5-10-8-12(10,13)14/h2,6,9-10H,3-5,7-8H2,1H3/b6-2+. The van der Waals surface area contributed by atoms with Gasteiger partial charge in [-0.05, 0) is 32.3 Å². The van der Waals surface area contributed by atoms with Crippen LogP contribution in [-0.2, 0) is 4.79 Å². The quantitative estimate of drug-likeness (QED) is 0.681. The topological polar surface area (TPSA) is 20.3 Å². The third-order valence-corrected chi connectivity index (χ3v) is 3.47. The second-order valence-electron chi connectivity index (χ2n) is 4.82. The van der Waals surface area contributed by atoms with Crippen molar-refractivity contribution in [2.75, 3.05) is 6.54 Å². The fraction of sp³-hybridized carbons (Fsp3) is 0.750. The summed E-state index contributed by atoms with van der Waals surface area (Å²) in [6.45, 7) is 2.82. The van der Waals surface area contributed by atoms with Crippen molar-refractivity contribution in [3.8, 4) is 0 Å². The van der Waals surface area contributed by atoms with Crippen LogP contribution in [0.15, 0.2) is 12.2 Å². The number of hydrogen-bond donors (Lipinski definition) is 0. The molecule has 1 aliphatic carbocycles. The van der Waals surface area contributed by atoms with Crippen molar-refractivity contribution in [1.82, 2.24) is 4.90 Å². The highest BCUT2D eigenvalue weighted by Crippen LogP contribution is 2.50. The molecule has 2 aliphatic rings. The molecule has 1 aliphatic heterocycles. The lowest BCUT2D eigenvalue weighted by Gasteiger charge is -2.19. The van der Waals surface area contributed by atoms with Crippen LogP contribution < -0.4 is 0 Å². The average Bonchev–Trinajstić information content (AvgIpc) is 2.60. The summed E-state index contributed by atoms with van der Waals surface area (Å²) in [5, 5.41) is 0. The Morgan fingerprint density at radius 1 is 1.56 bits per heavy atom. The van der Waals surface area contributed by atoms with E-state index in [1.165, 1.54) is 6.08 Å². The predicted molar refractivity (Wildman–Crippen MR) is 57.2 cm³/mol. The van der Waals surface area contributed by atoms with E-state index < -0.39 is 11.8 Å². The van der Waals surface area contributed by atoms with Crippen molar-refractivity contribution in [3.63, 3.8) is 0 Å². The normalized spacial score (nSPS) is 32.3. The first-order chi connectivity index (χ1) is 7.50. The zero-order chi connectivity index (χ0) is 11.8. The first-order valence-corrected chi connectivity index (χ1v) is 5.85. The number of halogens is 2. The van der Waals surface area contributed by atoms with E-state index in [0.717, 1.165) is 19.4 Å². The van der Waals surface area contributed by atoms with Crippen molar-refractivity contribution in [2.24, 2.45) is 5.92 Å². The van der Waals surface area contributed by atoms with Crippen LogP contribution in [0.3, 0.4) is 0 Å². The summed E-state index contributed by atoms with van der Waals surface area (Å²) < 4.78 is 25.1. The number of rotatable bonds is 3. The highest BCUT2D eigenvalue weighted by molar-refractivity contribution is 5.88. The van der Waals surface area contributed by atoms with Gasteiger partial charge in [-0.3, -0.25) is 4.79 Å². The van der Waals surface area contributed by atoms with Crippen LogP contribution in [0.4, 0.5) is 8.78 Å². The van der Waals surface area contributed by atoms with Crippen LogP contribution in [0.25, 0.3) is 0 Å². The molecule has 1 saturated heterocycles. The van der Waals surface area contributed by atoms with Gasteiger partial charge in [-0.15, -0.1) is 0 Å². The van der Waals surface area contributed by atoms with Crippen LogP contribution in [0.1, 0.15) is 32.6 Å². The molecular weight excluding hydrogens is 212 g/mol. The summed E-state index contributed by atoms with van der Waals surface area (Å²) in [6, 6.07) is 0.291. The number of likely N-dealkylation sites (tertiary alicyclic amines) is 1. The van der Waals surface area contributed by atoms with Crippen molar-refractivity contribution >= 4 is 5.91 Å². The SMILES string of the molecule is CC1CCCN1C(=O)/C=C/CC1CC1(F)F. The number of amides is 1. The number of nitrogens with zero attached hydrogens (tertiary/aromatic N) is 1. The van der Waals surface area contributed by atoms with Gasteiger partial charge < -0.3 is 4.90 Å². The van der Waals surface area contributed by atoms with Gasteiger partial charge in [-0.1, -0.05) is 6.08 Å². The fourth-order valence-electron chi connectivity index (χ4n) is 2.21. The summed E-state index contributed by atoms with van der Waals surface area (Å²) >= 11 is 0. The van der Waals surface area contributed by atoms with Crippen molar-refractivity contribution in [2.45, 2.75) is 44.6 Å². The summed E-state index contributed by atoms with van der Waals surface area (Å²) in [4.78, 5) is 13.5. The molecule has 2 rings (SSSR count). The molecule has 0 aromatic heterocycles. The van der Waals surface area contributed by atoms with Gasteiger partial charge in [0.25, 0.3) is 5.92 Å². The van der Waals surface area contributed by atoms with Crippen LogP contribution in [0.5, 0.6) is 0 Å². The second kappa shape index (κ2) is 4.15. The Balaban J connectivity index is 1.77. The molecule has 0 bridgehead atoms. The largest absolute Gasteiger partial charge is 0.336 e. The minimum Gasteiger partial charge on any atom is -0.336 e. The maximum Gasteiger partial charge on any atom is 0.251 e. The molecule has 0 radical (unpaired) electrons. The minimum atomic E-state index is -2.48. The van der Waals surface area contributed by atoms with Gasteiger partial charge in [0, 0.05) is 24.9 Å². The molecule has 2 atom stereocenters. The number of carbonyl (C=O) groups is 1. The van der Waals surface area contributed by atoms with Gasteiger partial charge in [-0.25, -0.2) is 8.78 Å². The Bertz CT molecular complexity index is 314. The van der Waals surface area contributed by atoms with E-state index in [1.54, 1.807) is 6.08 Å². The number of carbonyl (C=O) groups excluding carboxylic acids is 1. The van der Waals surface area contributed by atoms with Crippen molar-refractivity contribution in [1.29, 1.82) is 0 Å². The lowest BCUT2D eigenvalue weighted by Crippen LogP contribution is -2.32. The van der Waals surface area contributed by atoms with Crippen LogP contribution in [0, 0.1) is 5.92 Å². The average molecular weight is 229 g/mol. The van der Waals surface area contributed by atoms with E-state index in [2.05, 4.69) is 0 Å². The molecule has 2 fully saturated rings. The first kappa shape index (κ1) is 11.6. The zero-order valence-electron chi connectivity index (χ0n) is 9.46. The Morgan fingerprint density at radius 2 is 2.25 bits per heavy atom. The lowest BCUT2D eigenvalue weighted by molar-refractivity contribution is -0.126. The molecule has 90 valence electrons. The highest BCUT2D eigenvalue weighted by atomic mass is 19.3. The maximum absolute atomic E-state index is 12.6. The second-order valence-corrected chi connectivity index (χ2v) is 4.82. The Hall–Kier alpha value is -0.930. The number of alkyl halides is 2. The summed E-state index contributed by atoms with van der Waals surface area (Å²) in [6.07, 6.45) is 5.43. The Labute approximate surface area is 94.3 Å². The molecule has 1 heterocycles. The first-order valence-electron chi connectivity index (χ1n) is 5.85. The van der Waals surface area contributed by atoms with Gasteiger partial charge >= 0.3 is 0 Å². The van der Waals surface area contributed by atoms with Gasteiger partial charge in [0.05, 0.1) is 0 Å². The molecule has 1 amide bonds. The van der Waals surface area contributed by atoms with E-state index >= 15 is 0 Å². The third kappa shape index (κ3) is 2.42. The summed E-state index contributed by atoms with van der Waals surface area (Å²) in [7, 11) is 0. The van der Waals surface area contributed by atoms with Crippen molar-refractivity contribution in [3.05, 3.63) is 12.2 Å². The highest BCUT2D eigenvalue weighted by Gasteiger charge is 2.55. The van der Waals surface area contributed by atoms with Crippen LogP contribution in [-0.4, -0.2) is 29.3 Å². The predicted octanol–water partition coefficient (Wildman–Crippen LogP) is 2.60. The van der Waals surface area contributed by atoms with E-state index in [9.17, 15) is 13.6 Å². The van der Waals surface area contributed by atoms with E-state index in [4.69, 9.17) is 0 Å². The van der Waals surface area contributed by atoms with Gasteiger partial charge in [0.1, 0.15) is 0 Å². The summed E-state index contributed by atoms with van der Waals surface area (Å²) in [5.74, 6) is -3.05. The van der Waals surface area contributed by atoms with Gasteiger partial charge in [0.15, 0.2) is 0 Å². The van der Waals surface area contributed by atoms with Gasteiger partial charge in [-0.2, -0.15) is 0 Å². The lowest BCUT2D eigenvalue weighted by atomic mass is 10.2. The van der Waals surface area contributed by atoms with Crippen LogP contribution in [0.2, 0.25) is 0 Å². The molecule has 2 unspecified atom stereocenters. The van der Waals surface area contributed by atoms with E-state index in [-0.39, 0.29) is 12.3 Å². The molecule has 16 heavy (non-hydrogen) atoms. The van der Waals surface area contributed by atoms with Crippen molar-refractivity contribution < 1.29 is 13.6 Å². The minimum absolute atomic E-state index is 0.0222. The van der Waals surface area contributed by atoms with E-state index in [0.29, 0.717) is 12.5 Å². The smallest absolute Gasteiger partial charge is 0.251 e. The molecular formula is C12H17F2NO. The molecule has 0 aromatic rings. The molecule has 2 nitrogen and oxygen atoms in total. The van der Waals surface area contributed by atoms with Gasteiger partial charge in [0.2, 0.25) is 5.91 Å². The maximum atomic E-state index is 12.6. The fourth-order valence-corrected chi connectivity index (χ4v) is 2.21. The molecule has 1 saturated carbocycles. The Morgan fingerprint density at radius 3 is 2.75 bits per heavy atom. The zero-order valence-corrected chi connectivity index (χ0v) is 9.46. The Kier molecular flexibility index (Phi) is 3.00. The molecule has 0 spiro atoms. The molecule has 0 N–H and O–H groups in total. The van der Waals surface area contributed by atoms with Crippen LogP contribution >= 0.6 is 0 Å². The molecule has 0 aromatic carbocycles. The summed E-state index contributed by atoms with van der Waals surface area (Å²) in [5.41, 5.74) is 0. The monoisotopic (exact) mass is 229 g/mol. The molecule has 4 heteroatoms.